The number of benzene rings is 2. The number of sulfonamides is 1. The fourth-order valence-corrected chi connectivity index (χ4v) is 4.40. The van der Waals surface area contributed by atoms with Gasteiger partial charge in [-0.3, -0.25) is 9.10 Å². The highest BCUT2D eigenvalue weighted by Gasteiger charge is 2.37. The second-order valence-corrected chi connectivity index (χ2v) is 10.8. The Morgan fingerprint density at radius 2 is 1.84 bits per heavy atom. The van der Waals surface area contributed by atoms with Gasteiger partial charge in [0, 0.05) is 13.6 Å². The monoisotopic (exact) mass is 446 g/mol. The summed E-state index contributed by atoms with van der Waals surface area (Å²) in [7, 11) is -0.314. The van der Waals surface area contributed by atoms with E-state index in [1.54, 1.807) is 25.1 Å². The van der Waals surface area contributed by atoms with Crippen LogP contribution in [0.4, 0.5) is 5.69 Å². The fraction of sp³-hybridized carbons (Fsp3) is 0.435. The smallest absolute Gasteiger partial charge is 0.265 e. The lowest BCUT2D eigenvalue weighted by Gasteiger charge is -2.36. The molecule has 1 amide bonds. The number of hydrogen-bond donors (Lipinski definition) is 0. The van der Waals surface area contributed by atoms with Crippen LogP contribution in [0.5, 0.6) is 11.5 Å². The third-order valence-corrected chi connectivity index (χ3v) is 6.47. The van der Waals surface area contributed by atoms with Crippen molar-refractivity contribution in [2.45, 2.75) is 38.8 Å². The first kappa shape index (κ1) is 22.9. The van der Waals surface area contributed by atoms with Crippen LogP contribution >= 0.6 is 0 Å². The highest BCUT2D eigenvalue weighted by atomic mass is 32.2. The SMILES string of the molecule is COc1ccc(CN(C)C(=O)[C@@H]2CN(S(C)(=O)=O)c3cc(C(C)(C)C)ccc3O2)cc1. The van der Waals surface area contributed by atoms with Gasteiger partial charge in [-0.2, -0.15) is 0 Å². The van der Waals surface area contributed by atoms with Gasteiger partial charge < -0.3 is 14.4 Å². The van der Waals surface area contributed by atoms with Gasteiger partial charge in [0.25, 0.3) is 5.91 Å². The van der Waals surface area contributed by atoms with Crippen LogP contribution in [0.3, 0.4) is 0 Å². The number of likely N-dealkylation sites (N-methyl/N-ethyl adjacent to an activating group) is 1. The molecule has 0 spiro atoms. The number of carbonyl (C=O) groups excluding carboxylic acids is 1. The molecule has 0 saturated carbocycles. The van der Waals surface area contributed by atoms with Crippen LogP contribution in [0.2, 0.25) is 0 Å². The van der Waals surface area contributed by atoms with E-state index in [2.05, 4.69) is 20.8 Å². The quantitative estimate of drug-likeness (QED) is 0.705. The molecule has 1 heterocycles. The number of amides is 1. The molecule has 1 aliphatic rings. The maximum Gasteiger partial charge on any atom is 0.265 e. The summed E-state index contributed by atoms with van der Waals surface area (Å²) in [5.41, 5.74) is 2.24. The molecule has 2 aromatic carbocycles. The Balaban J connectivity index is 1.85. The average molecular weight is 447 g/mol. The lowest BCUT2D eigenvalue weighted by molar-refractivity contribution is -0.137. The van der Waals surface area contributed by atoms with E-state index in [9.17, 15) is 13.2 Å². The first-order valence-corrected chi connectivity index (χ1v) is 11.9. The molecule has 0 radical (unpaired) electrons. The van der Waals surface area contributed by atoms with Gasteiger partial charge in [0.05, 0.1) is 25.6 Å². The van der Waals surface area contributed by atoms with Crippen molar-refractivity contribution in [3.8, 4) is 11.5 Å². The summed E-state index contributed by atoms with van der Waals surface area (Å²) in [5, 5.41) is 0. The molecule has 3 rings (SSSR count). The van der Waals surface area contributed by atoms with Crippen LogP contribution in [-0.2, 0) is 26.8 Å². The summed E-state index contributed by atoms with van der Waals surface area (Å²) >= 11 is 0. The first-order chi connectivity index (χ1) is 14.4. The molecule has 1 aliphatic heterocycles. The third kappa shape index (κ3) is 5.12. The van der Waals surface area contributed by atoms with E-state index in [1.165, 1.54) is 4.31 Å². The Kier molecular flexibility index (Phi) is 6.23. The van der Waals surface area contributed by atoms with E-state index < -0.39 is 16.1 Å². The maximum atomic E-state index is 13.1. The zero-order valence-electron chi connectivity index (χ0n) is 18.9. The molecular weight excluding hydrogens is 416 g/mol. The highest BCUT2D eigenvalue weighted by molar-refractivity contribution is 7.92. The minimum Gasteiger partial charge on any atom is -0.497 e. The lowest BCUT2D eigenvalue weighted by Crippen LogP contribution is -2.50. The number of ether oxygens (including phenoxy) is 2. The Morgan fingerprint density at radius 3 is 2.39 bits per heavy atom. The second kappa shape index (κ2) is 8.42. The van der Waals surface area contributed by atoms with E-state index >= 15 is 0 Å². The van der Waals surface area contributed by atoms with Crippen molar-refractivity contribution in [3.05, 3.63) is 53.6 Å². The van der Waals surface area contributed by atoms with Crippen molar-refractivity contribution in [3.63, 3.8) is 0 Å². The molecule has 31 heavy (non-hydrogen) atoms. The third-order valence-electron chi connectivity index (χ3n) is 5.33. The van der Waals surface area contributed by atoms with E-state index in [4.69, 9.17) is 9.47 Å². The number of anilines is 1. The standard InChI is InChI=1S/C23H30N2O5S/c1-23(2,3)17-9-12-20-19(13-17)25(31(6,27)28)15-21(30-20)22(26)24(4)14-16-7-10-18(29-5)11-8-16/h7-13,21H,14-15H2,1-6H3/t21-/m0/s1. The number of nitrogens with zero attached hydrogens (tertiary/aromatic N) is 2. The minimum absolute atomic E-state index is 0.0643. The predicted molar refractivity (Wildman–Crippen MR) is 121 cm³/mol. The molecular formula is C23H30N2O5S. The molecule has 8 heteroatoms. The molecule has 0 fully saturated rings. The number of fused-ring (bicyclic) bond motifs is 1. The van der Waals surface area contributed by atoms with E-state index in [-0.39, 0.29) is 17.9 Å². The van der Waals surface area contributed by atoms with Crippen molar-refractivity contribution in [1.29, 1.82) is 0 Å². The van der Waals surface area contributed by atoms with Crippen LogP contribution in [0.1, 0.15) is 31.9 Å². The van der Waals surface area contributed by atoms with Gasteiger partial charge in [0.15, 0.2) is 6.10 Å². The topological polar surface area (TPSA) is 76.2 Å². The molecule has 2 aromatic rings. The number of hydrogen-bond acceptors (Lipinski definition) is 5. The number of rotatable bonds is 5. The van der Waals surface area contributed by atoms with Crippen molar-refractivity contribution < 1.29 is 22.7 Å². The minimum atomic E-state index is -3.59. The van der Waals surface area contributed by atoms with Crippen molar-refractivity contribution >= 4 is 21.6 Å². The summed E-state index contributed by atoms with van der Waals surface area (Å²) in [6.07, 6.45) is 0.222. The Morgan fingerprint density at radius 1 is 1.19 bits per heavy atom. The normalized spacial score (nSPS) is 16.3. The molecule has 0 aliphatic carbocycles. The molecule has 0 unspecified atom stereocenters. The summed E-state index contributed by atoms with van der Waals surface area (Å²) in [4.78, 5) is 14.6. The summed E-state index contributed by atoms with van der Waals surface area (Å²) < 4.78 is 37.5. The van der Waals surface area contributed by atoms with E-state index in [0.717, 1.165) is 23.1 Å². The average Bonchev–Trinajstić information content (AvgIpc) is 2.71. The van der Waals surface area contributed by atoms with Crippen LogP contribution in [0.15, 0.2) is 42.5 Å². The highest BCUT2D eigenvalue weighted by Crippen LogP contribution is 2.38. The van der Waals surface area contributed by atoms with E-state index in [1.807, 2.05) is 36.4 Å². The van der Waals surface area contributed by atoms with Crippen LogP contribution < -0.4 is 13.8 Å². The van der Waals surface area contributed by atoms with Crippen LogP contribution in [0.25, 0.3) is 0 Å². The van der Waals surface area contributed by atoms with Gasteiger partial charge in [-0.05, 0) is 40.8 Å². The van der Waals surface area contributed by atoms with Crippen LogP contribution in [-0.4, -0.2) is 52.3 Å². The molecule has 0 saturated heterocycles. The number of carbonyl (C=O) groups is 1. The van der Waals surface area contributed by atoms with E-state index in [0.29, 0.717) is 18.0 Å². The Hall–Kier alpha value is -2.74. The van der Waals surface area contributed by atoms with Gasteiger partial charge in [-0.1, -0.05) is 39.0 Å². The number of methoxy groups -OCH3 is 1. The molecule has 168 valence electrons. The van der Waals surface area contributed by atoms with Gasteiger partial charge >= 0.3 is 0 Å². The van der Waals surface area contributed by atoms with Crippen molar-refractivity contribution in [1.82, 2.24) is 4.90 Å². The van der Waals surface area contributed by atoms with Crippen molar-refractivity contribution in [2.75, 3.05) is 31.3 Å². The second-order valence-electron chi connectivity index (χ2n) is 8.88. The molecule has 0 aromatic heterocycles. The zero-order valence-corrected chi connectivity index (χ0v) is 19.7. The van der Waals surface area contributed by atoms with Gasteiger partial charge in [-0.15, -0.1) is 0 Å². The molecule has 1 atom stereocenters. The van der Waals surface area contributed by atoms with Crippen LogP contribution in [0, 0.1) is 0 Å². The molecule has 0 N–H and O–H groups in total. The maximum absolute atomic E-state index is 13.1. The summed E-state index contributed by atoms with van der Waals surface area (Å²) in [6.45, 7) is 6.49. The van der Waals surface area contributed by atoms with Gasteiger partial charge in [0.1, 0.15) is 11.5 Å². The lowest BCUT2D eigenvalue weighted by atomic mass is 9.86. The summed E-state index contributed by atoms with van der Waals surface area (Å²) in [5.74, 6) is 0.847. The first-order valence-electron chi connectivity index (χ1n) is 10.1. The van der Waals surface area contributed by atoms with Gasteiger partial charge in [0.2, 0.25) is 10.0 Å². The molecule has 7 nitrogen and oxygen atoms in total. The summed E-state index contributed by atoms with van der Waals surface area (Å²) in [6, 6.07) is 12.9. The van der Waals surface area contributed by atoms with Gasteiger partial charge in [-0.25, -0.2) is 8.42 Å². The largest absolute Gasteiger partial charge is 0.497 e. The Labute approximate surface area is 184 Å². The zero-order chi connectivity index (χ0) is 23.0. The predicted octanol–water partition coefficient (Wildman–Crippen LogP) is 3.18. The Bertz CT molecular complexity index is 1060. The molecule has 0 bridgehead atoms. The van der Waals surface area contributed by atoms with Crippen molar-refractivity contribution in [2.24, 2.45) is 0 Å². The fourth-order valence-electron chi connectivity index (χ4n) is 3.49.